The van der Waals surface area contributed by atoms with E-state index in [9.17, 15) is 0 Å². The van der Waals surface area contributed by atoms with Crippen LogP contribution >= 0.6 is 0 Å². The molecule has 0 amide bonds. The summed E-state index contributed by atoms with van der Waals surface area (Å²) in [6, 6.07) is 8.68. The van der Waals surface area contributed by atoms with Crippen molar-refractivity contribution in [2.45, 2.75) is 19.9 Å². The zero-order valence-corrected chi connectivity index (χ0v) is 11.2. The Morgan fingerprint density at radius 1 is 1.28 bits per heavy atom. The van der Waals surface area contributed by atoms with Crippen molar-refractivity contribution in [2.24, 2.45) is 5.73 Å². The molecule has 0 saturated carbocycles. The van der Waals surface area contributed by atoms with Crippen LogP contribution in [0.25, 0.3) is 0 Å². The molecule has 1 aliphatic rings. The predicted molar refractivity (Wildman–Crippen MR) is 76.3 cm³/mol. The molecule has 98 valence electrons. The number of benzene rings is 1. The quantitative estimate of drug-likeness (QED) is 0.627. The standard InChI is InChI=1S/C14H22N4/c1-11-4-3-5-13(10-11)18-8-6-17(7-9-18)12(2)14(15)16/h3-5,10,12H,6-9H2,1-2H3,(H3,15,16). The van der Waals surface area contributed by atoms with Crippen LogP contribution in [-0.2, 0) is 0 Å². The lowest BCUT2D eigenvalue weighted by atomic mass is 10.1. The van der Waals surface area contributed by atoms with E-state index in [0.717, 1.165) is 26.2 Å². The summed E-state index contributed by atoms with van der Waals surface area (Å²) in [5.74, 6) is 0.263. The second kappa shape index (κ2) is 5.40. The van der Waals surface area contributed by atoms with E-state index in [-0.39, 0.29) is 11.9 Å². The molecule has 1 saturated heterocycles. The van der Waals surface area contributed by atoms with Gasteiger partial charge in [-0.1, -0.05) is 12.1 Å². The second-order valence-electron chi connectivity index (χ2n) is 4.99. The van der Waals surface area contributed by atoms with Crippen LogP contribution in [0.15, 0.2) is 24.3 Å². The molecule has 0 aromatic heterocycles. The molecule has 0 aliphatic carbocycles. The first kappa shape index (κ1) is 12.9. The number of hydrogen-bond donors (Lipinski definition) is 2. The van der Waals surface area contributed by atoms with Gasteiger partial charge in [0.2, 0.25) is 0 Å². The van der Waals surface area contributed by atoms with E-state index in [4.69, 9.17) is 11.1 Å². The monoisotopic (exact) mass is 246 g/mol. The minimum atomic E-state index is 0.0599. The fourth-order valence-corrected chi connectivity index (χ4v) is 2.39. The lowest BCUT2D eigenvalue weighted by Crippen LogP contribution is -2.53. The zero-order valence-electron chi connectivity index (χ0n) is 11.2. The Morgan fingerprint density at radius 2 is 1.94 bits per heavy atom. The Hall–Kier alpha value is -1.55. The maximum absolute atomic E-state index is 7.50. The molecule has 4 nitrogen and oxygen atoms in total. The van der Waals surface area contributed by atoms with Crippen LogP contribution in [0.4, 0.5) is 5.69 Å². The fourth-order valence-electron chi connectivity index (χ4n) is 2.39. The van der Waals surface area contributed by atoms with E-state index in [1.54, 1.807) is 0 Å². The number of nitrogens with one attached hydrogen (secondary N) is 1. The van der Waals surface area contributed by atoms with Crippen LogP contribution in [-0.4, -0.2) is 43.0 Å². The number of nitrogens with zero attached hydrogens (tertiary/aromatic N) is 2. The van der Waals surface area contributed by atoms with Gasteiger partial charge in [-0.2, -0.15) is 0 Å². The maximum atomic E-state index is 7.50. The summed E-state index contributed by atoms with van der Waals surface area (Å²) in [7, 11) is 0. The fraction of sp³-hybridized carbons (Fsp3) is 0.500. The van der Waals surface area contributed by atoms with E-state index in [2.05, 4.69) is 41.0 Å². The summed E-state index contributed by atoms with van der Waals surface area (Å²) in [4.78, 5) is 4.67. The van der Waals surface area contributed by atoms with Gasteiger partial charge in [0.1, 0.15) is 5.84 Å². The first-order valence-electron chi connectivity index (χ1n) is 6.47. The van der Waals surface area contributed by atoms with Crippen molar-refractivity contribution in [3.63, 3.8) is 0 Å². The van der Waals surface area contributed by atoms with Crippen LogP contribution in [0, 0.1) is 12.3 Å². The smallest absolute Gasteiger partial charge is 0.108 e. The molecule has 18 heavy (non-hydrogen) atoms. The largest absolute Gasteiger partial charge is 0.386 e. The van der Waals surface area contributed by atoms with Gasteiger partial charge in [0, 0.05) is 31.9 Å². The Bertz CT molecular complexity index is 422. The van der Waals surface area contributed by atoms with Crippen LogP contribution in [0.5, 0.6) is 0 Å². The number of nitrogens with two attached hydrogens (primary N) is 1. The van der Waals surface area contributed by atoms with Crippen molar-refractivity contribution in [1.29, 1.82) is 5.41 Å². The van der Waals surface area contributed by atoms with Gasteiger partial charge < -0.3 is 10.6 Å². The normalized spacial score (nSPS) is 18.7. The van der Waals surface area contributed by atoms with E-state index in [0.29, 0.717) is 0 Å². The molecule has 4 heteroatoms. The highest BCUT2D eigenvalue weighted by Crippen LogP contribution is 2.18. The molecule has 1 unspecified atom stereocenters. The number of piperazine rings is 1. The van der Waals surface area contributed by atoms with Crippen LogP contribution in [0.3, 0.4) is 0 Å². The van der Waals surface area contributed by atoms with Crippen molar-refractivity contribution in [1.82, 2.24) is 4.90 Å². The summed E-state index contributed by atoms with van der Waals surface area (Å²) in [6.45, 7) is 8.06. The molecule has 1 aromatic rings. The number of hydrogen-bond acceptors (Lipinski definition) is 3. The molecular weight excluding hydrogens is 224 g/mol. The molecule has 0 spiro atoms. The van der Waals surface area contributed by atoms with Gasteiger partial charge in [0.25, 0.3) is 0 Å². The summed E-state index contributed by atoms with van der Waals surface area (Å²) in [5.41, 5.74) is 8.16. The summed E-state index contributed by atoms with van der Waals surface area (Å²) < 4.78 is 0. The second-order valence-corrected chi connectivity index (χ2v) is 4.99. The van der Waals surface area contributed by atoms with Crippen molar-refractivity contribution >= 4 is 11.5 Å². The number of amidine groups is 1. The molecule has 3 N–H and O–H groups in total. The third kappa shape index (κ3) is 2.82. The molecule has 0 radical (unpaired) electrons. The zero-order chi connectivity index (χ0) is 13.1. The Labute approximate surface area is 109 Å². The third-order valence-electron chi connectivity index (χ3n) is 3.68. The molecule has 1 atom stereocenters. The van der Waals surface area contributed by atoms with Crippen molar-refractivity contribution < 1.29 is 0 Å². The van der Waals surface area contributed by atoms with Crippen LogP contribution in [0.2, 0.25) is 0 Å². The average Bonchev–Trinajstić information content (AvgIpc) is 2.38. The van der Waals surface area contributed by atoms with Crippen LogP contribution in [0.1, 0.15) is 12.5 Å². The molecule has 0 bridgehead atoms. The molecular formula is C14H22N4. The first-order chi connectivity index (χ1) is 8.58. The average molecular weight is 246 g/mol. The van der Waals surface area contributed by atoms with Gasteiger partial charge in [-0.25, -0.2) is 0 Å². The van der Waals surface area contributed by atoms with Gasteiger partial charge >= 0.3 is 0 Å². The predicted octanol–water partition coefficient (Wildman–Crippen LogP) is 1.44. The minimum absolute atomic E-state index is 0.0599. The first-order valence-corrected chi connectivity index (χ1v) is 6.47. The molecule has 2 rings (SSSR count). The van der Waals surface area contributed by atoms with E-state index < -0.39 is 0 Å². The Morgan fingerprint density at radius 3 is 2.50 bits per heavy atom. The third-order valence-corrected chi connectivity index (χ3v) is 3.68. The van der Waals surface area contributed by atoms with Crippen molar-refractivity contribution in [3.05, 3.63) is 29.8 Å². The highest BCUT2D eigenvalue weighted by molar-refractivity contribution is 5.82. The topological polar surface area (TPSA) is 56.4 Å². The van der Waals surface area contributed by atoms with Gasteiger partial charge in [-0.05, 0) is 31.5 Å². The van der Waals surface area contributed by atoms with E-state index in [1.807, 2.05) is 6.92 Å². The molecule has 1 heterocycles. The highest BCUT2D eigenvalue weighted by Gasteiger charge is 2.22. The number of aryl methyl sites for hydroxylation is 1. The lowest BCUT2D eigenvalue weighted by Gasteiger charge is -2.38. The number of rotatable bonds is 3. The summed E-state index contributed by atoms with van der Waals surface area (Å²) in [5, 5.41) is 7.50. The maximum Gasteiger partial charge on any atom is 0.108 e. The summed E-state index contributed by atoms with van der Waals surface area (Å²) >= 11 is 0. The highest BCUT2D eigenvalue weighted by atomic mass is 15.3. The van der Waals surface area contributed by atoms with Crippen molar-refractivity contribution in [2.75, 3.05) is 31.1 Å². The lowest BCUT2D eigenvalue weighted by molar-refractivity contribution is 0.237. The van der Waals surface area contributed by atoms with Gasteiger partial charge in [0.05, 0.1) is 6.04 Å². The SMILES string of the molecule is Cc1cccc(N2CCN(C(C)C(=N)N)CC2)c1. The van der Waals surface area contributed by atoms with Crippen molar-refractivity contribution in [3.8, 4) is 0 Å². The summed E-state index contributed by atoms with van der Waals surface area (Å²) in [6.07, 6.45) is 0. The molecule has 1 fully saturated rings. The van der Waals surface area contributed by atoms with Gasteiger partial charge in [0.15, 0.2) is 0 Å². The minimum Gasteiger partial charge on any atom is -0.386 e. The Balaban J connectivity index is 1.96. The molecule has 1 aliphatic heterocycles. The van der Waals surface area contributed by atoms with Gasteiger partial charge in [-0.15, -0.1) is 0 Å². The van der Waals surface area contributed by atoms with Gasteiger partial charge in [-0.3, -0.25) is 10.3 Å². The Kier molecular flexibility index (Phi) is 3.87. The van der Waals surface area contributed by atoms with Crippen LogP contribution < -0.4 is 10.6 Å². The number of anilines is 1. The molecule has 1 aromatic carbocycles. The van der Waals surface area contributed by atoms with E-state index in [1.165, 1.54) is 11.3 Å². The van der Waals surface area contributed by atoms with E-state index >= 15 is 0 Å².